The number of nitrogens with one attached hydrogen (secondary N) is 3. The van der Waals surface area contributed by atoms with Gasteiger partial charge in [-0.25, -0.2) is 9.78 Å². The van der Waals surface area contributed by atoms with Gasteiger partial charge in [0, 0.05) is 54.9 Å². The molecule has 2 aromatic heterocycles. The number of amides is 2. The number of anilines is 3. The molecule has 0 atom stereocenters. The molecule has 0 spiro atoms. The smallest absolute Gasteiger partial charge is 0.323 e. The number of ether oxygens (including phenoxy) is 1. The lowest BCUT2D eigenvalue weighted by atomic mass is 9.96. The van der Waals surface area contributed by atoms with Gasteiger partial charge in [-0.3, -0.25) is 4.68 Å². The number of nitrogens with zero attached hydrogens (tertiary/aromatic N) is 4. The molecule has 0 aliphatic carbocycles. The molecule has 3 heterocycles. The van der Waals surface area contributed by atoms with Crippen LogP contribution >= 0.6 is 0 Å². The number of aromatic nitrogens is 3. The van der Waals surface area contributed by atoms with Crippen LogP contribution in [0.15, 0.2) is 67.0 Å². The quantitative estimate of drug-likeness (QED) is 0.229. The molecule has 5 rings (SSSR count). The summed E-state index contributed by atoms with van der Waals surface area (Å²) in [5.41, 5.74) is 5.75. The van der Waals surface area contributed by atoms with Crippen molar-refractivity contribution in [2.45, 2.75) is 52.7 Å². The van der Waals surface area contributed by atoms with E-state index >= 15 is 0 Å². The lowest BCUT2D eigenvalue weighted by molar-refractivity contribution is 0.262. The molecule has 0 saturated carbocycles. The van der Waals surface area contributed by atoms with Crippen LogP contribution in [0.5, 0.6) is 11.5 Å². The zero-order chi connectivity index (χ0) is 28.2. The van der Waals surface area contributed by atoms with Crippen molar-refractivity contribution in [1.82, 2.24) is 19.7 Å². The Morgan fingerprint density at radius 2 is 1.75 bits per heavy atom. The summed E-state index contributed by atoms with van der Waals surface area (Å²) >= 11 is 0. The van der Waals surface area contributed by atoms with Crippen molar-refractivity contribution in [3.8, 4) is 22.8 Å². The fraction of sp³-hybridized carbons (Fsp3) is 0.323. The van der Waals surface area contributed by atoms with Gasteiger partial charge in [-0.05, 0) is 88.7 Å². The number of hydrogen-bond acceptors (Lipinski definition) is 6. The normalized spacial score (nSPS) is 13.3. The van der Waals surface area contributed by atoms with Crippen LogP contribution in [-0.2, 0) is 13.0 Å². The Labute approximate surface area is 235 Å². The summed E-state index contributed by atoms with van der Waals surface area (Å²) in [5.74, 6) is 2.09. The second kappa shape index (κ2) is 11.8. The standard InChI is InChI=1S/C31H37N7O2/c1-20(2)33-29-17-27(12-14-32-29)40-26-10-8-25(9-11-26)34-31(39)35-28-19-38(21(3)4)36-30(28)23-7-6-22-13-15-37(5)18-24(22)16-23/h6-12,14,16-17,19-21H,13,15,18H2,1-5H3,(H,32,33)(H2,34,35,39). The molecule has 3 N–H and O–H groups in total. The predicted molar refractivity (Wildman–Crippen MR) is 160 cm³/mol. The molecule has 0 unspecified atom stereocenters. The first-order chi connectivity index (χ1) is 19.2. The molecular formula is C31H37N7O2. The van der Waals surface area contributed by atoms with E-state index in [-0.39, 0.29) is 18.1 Å². The van der Waals surface area contributed by atoms with Crippen molar-refractivity contribution >= 4 is 23.2 Å². The summed E-state index contributed by atoms with van der Waals surface area (Å²) in [7, 11) is 2.14. The number of pyridine rings is 1. The minimum Gasteiger partial charge on any atom is -0.457 e. The number of benzene rings is 2. The topological polar surface area (TPSA) is 96.3 Å². The summed E-state index contributed by atoms with van der Waals surface area (Å²) in [6.07, 6.45) is 4.64. The average molecular weight is 540 g/mol. The van der Waals surface area contributed by atoms with Crippen molar-refractivity contribution in [3.05, 3.63) is 78.1 Å². The molecule has 9 heteroatoms. The molecular weight excluding hydrogens is 502 g/mol. The van der Waals surface area contributed by atoms with Crippen molar-refractivity contribution in [2.75, 3.05) is 29.5 Å². The summed E-state index contributed by atoms with van der Waals surface area (Å²) in [6.45, 7) is 10.2. The molecule has 2 aromatic carbocycles. The van der Waals surface area contributed by atoms with Gasteiger partial charge < -0.3 is 25.6 Å². The van der Waals surface area contributed by atoms with Gasteiger partial charge in [-0.2, -0.15) is 5.10 Å². The van der Waals surface area contributed by atoms with Crippen molar-refractivity contribution < 1.29 is 9.53 Å². The molecule has 208 valence electrons. The fourth-order valence-corrected chi connectivity index (χ4v) is 4.68. The number of carbonyl (C=O) groups excluding carboxylic acids is 1. The third kappa shape index (κ3) is 6.60. The van der Waals surface area contributed by atoms with Crippen LogP contribution in [0.3, 0.4) is 0 Å². The van der Waals surface area contributed by atoms with E-state index in [9.17, 15) is 4.79 Å². The fourth-order valence-electron chi connectivity index (χ4n) is 4.68. The average Bonchev–Trinajstić information content (AvgIpc) is 3.33. The van der Waals surface area contributed by atoms with Crippen LogP contribution in [0.4, 0.5) is 22.0 Å². The summed E-state index contributed by atoms with van der Waals surface area (Å²) in [6, 6.07) is 17.5. The second-order valence-corrected chi connectivity index (χ2v) is 10.8. The predicted octanol–water partition coefficient (Wildman–Crippen LogP) is 6.77. The highest BCUT2D eigenvalue weighted by Gasteiger charge is 2.19. The van der Waals surface area contributed by atoms with E-state index in [1.807, 2.05) is 41.2 Å². The van der Waals surface area contributed by atoms with E-state index < -0.39 is 0 Å². The van der Waals surface area contributed by atoms with E-state index in [0.29, 0.717) is 22.9 Å². The van der Waals surface area contributed by atoms with Gasteiger partial charge in [0.2, 0.25) is 0 Å². The molecule has 1 aliphatic heterocycles. The zero-order valence-electron chi connectivity index (χ0n) is 23.7. The van der Waals surface area contributed by atoms with Gasteiger partial charge in [0.1, 0.15) is 23.0 Å². The van der Waals surface area contributed by atoms with Gasteiger partial charge in [-0.15, -0.1) is 0 Å². The molecule has 0 radical (unpaired) electrons. The summed E-state index contributed by atoms with van der Waals surface area (Å²) in [4.78, 5) is 19.6. The highest BCUT2D eigenvalue weighted by Crippen LogP contribution is 2.31. The Balaban J connectivity index is 1.27. The Bertz CT molecular complexity index is 1480. The maximum absolute atomic E-state index is 13.0. The van der Waals surface area contributed by atoms with Gasteiger partial charge in [0.25, 0.3) is 0 Å². The van der Waals surface area contributed by atoms with Crippen LogP contribution < -0.4 is 20.7 Å². The lowest BCUT2D eigenvalue weighted by Crippen LogP contribution is -2.26. The minimum atomic E-state index is -0.338. The number of fused-ring (bicyclic) bond motifs is 1. The zero-order valence-corrected chi connectivity index (χ0v) is 23.7. The molecule has 0 fully saturated rings. The van der Waals surface area contributed by atoms with E-state index in [0.717, 1.165) is 36.6 Å². The molecule has 2 amide bonds. The van der Waals surface area contributed by atoms with E-state index in [1.54, 1.807) is 12.3 Å². The number of carbonyl (C=O) groups is 1. The molecule has 0 bridgehead atoms. The molecule has 9 nitrogen and oxygen atoms in total. The highest BCUT2D eigenvalue weighted by molar-refractivity contribution is 6.01. The van der Waals surface area contributed by atoms with Crippen LogP contribution in [0.25, 0.3) is 11.3 Å². The highest BCUT2D eigenvalue weighted by atomic mass is 16.5. The molecule has 40 heavy (non-hydrogen) atoms. The first-order valence-corrected chi connectivity index (χ1v) is 13.7. The lowest BCUT2D eigenvalue weighted by Gasteiger charge is -2.25. The maximum atomic E-state index is 13.0. The third-order valence-corrected chi connectivity index (χ3v) is 6.71. The molecule has 4 aromatic rings. The summed E-state index contributed by atoms with van der Waals surface area (Å²) < 4.78 is 7.85. The van der Waals surface area contributed by atoms with E-state index in [1.165, 1.54) is 11.1 Å². The Morgan fingerprint density at radius 1 is 0.950 bits per heavy atom. The largest absolute Gasteiger partial charge is 0.457 e. The maximum Gasteiger partial charge on any atom is 0.323 e. The van der Waals surface area contributed by atoms with Gasteiger partial charge in [0.05, 0.1) is 5.69 Å². The van der Waals surface area contributed by atoms with Crippen molar-refractivity contribution in [1.29, 1.82) is 0 Å². The first kappa shape index (κ1) is 27.2. The van der Waals surface area contributed by atoms with E-state index in [4.69, 9.17) is 9.84 Å². The number of urea groups is 1. The van der Waals surface area contributed by atoms with Crippen LogP contribution in [0.1, 0.15) is 44.9 Å². The number of likely N-dealkylation sites (N-methyl/N-ethyl adjacent to an activating group) is 1. The minimum absolute atomic E-state index is 0.159. The second-order valence-electron chi connectivity index (χ2n) is 10.8. The van der Waals surface area contributed by atoms with Gasteiger partial charge in [-0.1, -0.05) is 12.1 Å². The van der Waals surface area contributed by atoms with Crippen molar-refractivity contribution in [3.63, 3.8) is 0 Å². The van der Waals surface area contributed by atoms with Crippen LogP contribution in [0.2, 0.25) is 0 Å². The van der Waals surface area contributed by atoms with Crippen LogP contribution in [0, 0.1) is 0 Å². The third-order valence-electron chi connectivity index (χ3n) is 6.71. The number of hydrogen-bond donors (Lipinski definition) is 3. The summed E-state index contributed by atoms with van der Waals surface area (Å²) in [5, 5.41) is 14.0. The number of rotatable bonds is 8. The van der Waals surface area contributed by atoms with Gasteiger partial charge in [0.15, 0.2) is 0 Å². The van der Waals surface area contributed by atoms with E-state index in [2.05, 4.69) is 78.8 Å². The Hall–Kier alpha value is -4.37. The molecule has 1 aliphatic rings. The Kier molecular flexibility index (Phi) is 8.02. The Morgan fingerprint density at radius 3 is 2.50 bits per heavy atom. The van der Waals surface area contributed by atoms with Crippen molar-refractivity contribution in [2.24, 2.45) is 0 Å². The monoisotopic (exact) mass is 539 g/mol. The SMILES string of the molecule is CC(C)Nc1cc(Oc2ccc(NC(=O)Nc3cn(C(C)C)nc3-c3ccc4c(c3)CN(C)CC4)cc2)ccn1. The van der Waals surface area contributed by atoms with Gasteiger partial charge >= 0.3 is 6.03 Å². The molecule has 0 saturated heterocycles. The first-order valence-electron chi connectivity index (χ1n) is 13.7. The van der Waals surface area contributed by atoms with Crippen LogP contribution in [-0.4, -0.2) is 45.3 Å².